The van der Waals surface area contributed by atoms with E-state index in [-0.39, 0.29) is 18.1 Å². The van der Waals surface area contributed by atoms with Crippen LogP contribution in [0.25, 0.3) is 0 Å². The second-order valence-electron chi connectivity index (χ2n) is 6.33. The molecule has 0 N–H and O–H groups in total. The third kappa shape index (κ3) is 4.04. The van der Waals surface area contributed by atoms with Crippen LogP contribution in [-0.4, -0.2) is 42.3 Å². The van der Waals surface area contributed by atoms with E-state index in [0.717, 1.165) is 0 Å². The number of aromatic nitrogens is 4. The smallest absolute Gasteiger partial charge is 0.312 e. The summed E-state index contributed by atoms with van der Waals surface area (Å²) < 4.78 is 3.23. The summed E-state index contributed by atoms with van der Waals surface area (Å²) in [6.07, 6.45) is 1.73. The van der Waals surface area contributed by atoms with Crippen LogP contribution in [0, 0.1) is 29.9 Å². The summed E-state index contributed by atoms with van der Waals surface area (Å²) in [7, 11) is 1.68. The molecule has 0 aromatic carbocycles. The van der Waals surface area contributed by atoms with Crippen LogP contribution in [0.3, 0.4) is 0 Å². The standard InChI is InChI=1S/C16H23ClN6O3/c1-6-21-8-13(17)14(19-21)9-20(5)16(24)10(2)7-22-12(4)15(23(25)26)11(3)18-22/h8,10H,6-7,9H2,1-5H3. The van der Waals surface area contributed by atoms with E-state index in [0.29, 0.717) is 35.2 Å². The van der Waals surface area contributed by atoms with Crippen LogP contribution < -0.4 is 0 Å². The van der Waals surface area contributed by atoms with E-state index < -0.39 is 10.8 Å². The van der Waals surface area contributed by atoms with Crippen LogP contribution in [0.2, 0.25) is 5.02 Å². The molecule has 0 aliphatic carbocycles. The van der Waals surface area contributed by atoms with Gasteiger partial charge in [0, 0.05) is 19.8 Å². The van der Waals surface area contributed by atoms with Gasteiger partial charge in [-0.1, -0.05) is 18.5 Å². The zero-order chi connectivity index (χ0) is 19.6. The van der Waals surface area contributed by atoms with Gasteiger partial charge in [-0.05, 0) is 20.8 Å². The lowest BCUT2D eigenvalue weighted by atomic mass is 10.1. The van der Waals surface area contributed by atoms with Crippen molar-refractivity contribution >= 4 is 23.2 Å². The third-order valence-electron chi connectivity index (χ3n) is 4.27. The van der Waals surface area contributed by atoms with Gasteiger partial charge in [-0.25, -0.2) is 0 Å². The van der Waals surface area contributed by atoms with E-state index >= 15 is 0 Å². The molecule has 2 aromatic rings. The zero-order valence-corrected chi connectivity index (χ0v) is 16.3. The molecule has 1 atom stereocenters. The van der Waals surface area contributed by atoms with Crippen molar-refractivity contribution < 1.29 is 9.72 Å². The molecule has 2 aromatic heterocycles. The maximum atomic E-state index is 12.6. The van der Waals surface area contributed by atoms with Gasteiger partial charge in [-0.3, -0.25) is 24.3 Å². The number of hydrogen-bond donors (Lipinski definition) is 0. The van der Waals surface area contributed by atoms with Gasteiger partial charge in [0.05, 0.1) is 29.0 Å². The molecule has 0 aliphatic rings. The number of rotatable bonds is 7. The van der Waals surface area contributed by atoms with Gasteiger partial charge in [0.1, 0.15) is 17.1 Å². The summed E-state index contributed by atoms with van der Waals surface area (Å²) in [4.78, 5) is 24.9. The van der Waals surface area contributed by atoms with E-state index in [2.05, 4.69) is 10.2 Å². The van der Waals surface area contributed by atoms with Crippen LogP contribution in [0.15, 0.2) is 6.20 Å². The number of nitro groups is 1. The Bertz CT molecular complexity index is 828. The number of nitrogens with zero attached hydrogens (tertiary/aromatic N) is 6. The number of amides is 1. The lowest BCUT2D eigenvalue weighted by Crippen LogP contribution is -2.33. The fraction of sp³-hybridized carbons (Fsp3) is 0.562. The SMILES string of the molecule is CCn1cc(Cl)c(CN(C)C(=O)C(C)Cn2nc(C)c([N+](=O)[O-])c2C)n1. The molecular weight excluding hydrogens is 360 g/mol. The van der Waals surface area contributed by atoms with Gasteiger partial charge >= 0.3 is 5.69 Å². The highest BCUT2D eigenvalue weighted by Gasteiger charge is 2.25. The first-order valence-electron chi connectivity index (χ1n) is 8.30. The summed E-state index contributed by atoms with van der Waals surface area (Å²) in [5.41, 5.74) is 1.42. The monoisotopic (exact) mass is 382 g/mol. The highest BCUT2D eigenvalue weighted by Crippen LogP contribution is 2.23. The van der Waals surface area contributed by atoms with Crippen molar-refractivity contribution in [2.45, 2.75) is 47.3 Å². The van der Waals surface area contributed by atoms with Crippen molar-refractivity contribution in [3.8, 4) is 0 Å². The minimum atomic E-state index is -0.446. The van der Waals surface area contributed by atoms with Crippen molar-refractivity contribution in [1.29, 1.82) is 0 Å². The fourth-order valence-corrected chi connectivity index (χ4v) is 3.06. The molecule has 0 aliphatic heterocycles. The number of carbonyl (C=O) groups excluding carboxylic acids is 1. The van der Waals surface area contributed by atoms with Gasteiger partial charge in [0.15, 0.2) is 0 Å². The summed E-state index contributed by atoms with van der Waals surface area (Å²) in [5.74, 6) is -0.507. The number of carbonyl (C=O) groups is 1. The highest BCUT2D eigenvalue weighted by atomic mass is 35.5. The minimum absolute atomic E-state index is 0.00473. The van der Waals surface area contributed by atoms with Gasteiger partial charge < -0.3 is 4.90 Å². The first kappa shape index (κ1) is 19.9. The molecule has 10 heteroatoms. The Balaban J connectivity index is 2.08. The summed E-state index contributed by atoms with van der Waals surface area (Å²) in [5, 5.41) is 20.2. The predicted octanol–water partition coefficient (Wildman–Crippen LogP) is 2.57. The Labute approximate surface area is 156 Å². The van der Waals surface area contributed by atoms with Gasteiger partial charge in [-0.2, -0.15) is 10.2 Å². The maximum absolute atomic E-state index is 12.6. The predicted molar refractivity (Wildman–Crippen MR) is 96.9 cm³/mol. The van der Waals surface area contributed by atoms with E-state index in [1.807, 2.05) is 6.92 Å². The summed E-state index contributed by atoms with van der Waals surface area (Å²) in [6.45, 7) is 8.21. The normalized spacial score (nSPS) is 12.2. The second-order valence-corrected chi connectivity index (χ2v) is 6.74. The van der Waals surface area contributed by atoms with Crippen LogP contribution in [0.5, 0.6) is 0 Å². The topological polar surface area (TPSA) is 99.1 Å². The second kappa shape index (κ2) is 7.86. The van der Waals surface area contributed by atoms with E-state index in [1.54, 1.807) is 43.6 Å². The van der Waals surface area contributed by atoms with Crippen molar-refractivity contribution in [3.63, 3.8) is 0 Å². The van der Waals surface area contributed by atoms with Crippen molar-refractivity contribution in [1.82, 2.24) is 24.5 Å². The first-order valence-corrected chi connectivity index (χ1v) is 8.68. The van der Waals surface area contributed by atoms with Crippen molar-refractivity contribution in [2.75, 3.05) is 7.05 Å². The summed E-state index contributed by atoms with van der Waals surface area (Å²) in [6, 6.07) is 0. The molecule has 1 unspecified atom stereocenters. The molecule has 142 valence electrons. The molecule has 0 saturated carbocycles. The fourth-order valence-electron chi connectivity index (χ4n) is 2.85. The molecule has 0 radical (unpaired) electrons. The van der Waals surface area contributed by atoms with E-state index in [9.17, 15) is 14.9 Å². The van der Waals surface area contributed by atoms with Crippen LogP contribution >= 0.6 is 11.6 Å². The van der Waals surface area contributed by atoms with Crippen molar-refractivity contribution in [2.24, 2.45) is 5.92 Å². The molecule has 0 fully saturated rings. The minimum Gasteiger partial charge on any atom is -0.339 e. The highest BCUT2D eigenvalue weighted by molar-refractivity contribution is 6.31. The largest absolute Gasteiger partial charge is 0.339 e. The van der Waals surface area contributed by atoms with Crippen LogP contribution in [0.1, 0.15) is 30.9 Å². The Morgan fingerprint density at radius 1 is 1.42 bits per heavy atom. The van der Waals surface area contributed by atoms with E-state index in [1.165, 1.54) is 4.68 Å². The average Bonchev–Trinajstić information content (AvgIpc) is 3.06. The zero-order valence-electron chi connectivity index (χ0n) is 15.6. The molecule has 0 spiro atoms. The Kier molecular flexibility index (Phi) is 6.01. The number of hydrogen-bond acceptors (Lipinski definition) is 5. The maximum Gasteiger partial charge on any atom is 0.312 e. The summed E-state index contributed by atoms with van der Waals surface area (Å²) >= 11 is 6.15. The number of aryl methyl sites for hydroxylation is 2. The first-order chi connectivity index (χ1) is 12.1. The van der Waals surface area contributed by atoms with Crippen molar-refractivity contribution in [3.05, 3.63) is 38.4 Å². The average molecular weight is 383 g/mol. The molecule has 1 amide bonds. The quantitative estimate of drug-likeness (QED) is 0.541. The molecule has 2 heterocycles. The molecule has 9 nitrogen and oxygen atoms in total. The lowest BCUT2D eigenvalue weighted by Gasteiger charge is -2.21. The lowest BCUT2D eigenvalue weighted by molar-refractivity contribution is -0.386. The van der Waals surface area contributed by atoms with Gasteiger partial charge in [0.2, 0.25) is 5.91 Å². The molecule has 0 saturated heterocycles. The Morgan fingerprint density at radius 2 is 2.08 bits per heavy atom. The number of halogens is 1. The Morgan fingerprint density at radius 3 is 2.58 bits per heavy atom. The molecular formula is C16H23ClN6O3. The molecule has 0 bridgehead atoms. The van der Waals surface area contributed by atoms with Crippen LogP contribution in [-0.2, 0) is 24.4 Å². The van der Waals surface area contributed by atoms with Crippen LogP contribution in [0.4, 0.5) is 5.69 Å². The third-order valence-corrected chi connectivity index (χ3v) is 4.58. The van der Waals surface area contributed by atoms with E-state index in [4.69, 9.17) is 11.6 Å². The Hall–Kier alpha value is -2.42. The molecule has 2 rings (SSSR count). The molecule has 26 heavy (non-hydrogen) atoms. The van der Waals surface area contributed by atoms with Gasteiger partial charge in [-0.15, -0.1) is 0 Å². The van der Waals surface area contributed by atoms with Gasteiger partial charge in [0.25, 0.3) is 0 Å².